The van der Waals surface area contributed by atoms with Crippen molar-refractivity contribution in [3.05, 3.63) is 58.2 Å². The molecule has 3 nitrogen and oxygen atoms in total. The smallest absolute Gasteiger partial charge is 0.163 e. The highest BCUT2D eigenvalue weighted by molar-refractivity contribution is 6.03. The highest BCUT2D eigenvalue weighted by atomic mass is 16.1. The van der Waals surface area contributed by atoms with Gasteiger partial charge >= 0.3 is 0 Å². The van der Waals surface area contributed by atoms with E-state index in [0.717, 1.165) is 40.1 Å². The van der Waals surface area contributed by atoms with E-state index in [1.165, 1.54) is 0 Å². The predicted octanol–water partition coefficient (Wildman–Crippen LogP) is 5.27. The Hall–Kier alpha value is -2.42. The summed E-state index contributed by atoms with van der Waals surface area (Å²) >= 11 is 0. The Bertz CT molecular complexity index is 781. The molecule has 0 heterocycles. The summed E-state index contributed by atoms with van der Waals surface area (Å²) in [6, 6.07) is 3.94. The van der Waals surface area contributed by atoms with E-state index < -0.39 is 0 Å². The second kappa shape index (κ2) is 8.11. The van der Waals surface area contributed by atoms with Crippen LogP contribution in [-0.2, 0) is 4.79 Å². The predicted molar refractivity (Wildman–Crippen MR) is 105 cm³/mol. The molecule has 132 valence electrons. The van der Waals surface area contributed by atoms with E-state index in [2.05, 4.69) is 11.9 Å². The van der Waals surface area contributed by atoms with Crippen molar-refractivity contribution in [2.24, 2.45) is 0 Å². The standard InChI is InChI=1S/C22H27NO2/c1-6-17-19(11-15(4)12-20(17)23-7-2)21(24)9-8-18-16(5)10-14(3)13-22(18)25/h6,10-12,23H,1,7-9,13H2,2-5H3. The molecule has 0 radical (unpaired) electrons. The number of hydrogen-bond acceptors (Lipinski definition) is 3. The zero-order valence-corrected chi connectivity index (χ0v) is 15.7. The van der Waals surface area contributed by atoms with Crippen LogP contribution in [0.1, 0.15) is 61.5 Å². The fourth-order valence-electron chi connectivity index (χ4n) is 3.38. The van der Waals surface area contributed by atoms with E-state index in [1.807, 2.05) is 45.9 Å². The topological polar surface area (TPSA) is 46.2 Å². The van der Waals surface area contributed by atoms with Crippen LogP contribution in [0.5, 0.6) is 0 Å². The minimum atomic E-state index is 0.0529. The Labute approximate surface area is 150 Å². The van der Waals surface area contributed by atoms with Crippen molar-refractivity contribution in [3.8, 4) is 0 Å². The molecule has 0 fully saturated rings. The Balaban J connectivity index is 2.26. The van der Waals surface area contributed by atoms with Crippen molar-refractivity contribution in [2.45, 2.75) is 47.0 Å². The number of hydrogen-bond donors (Lipinski definition) is 1. The zero-order valence-electron chi connectivity index (χ0n) is 15.7. The third-order valence-electron chi connectivity index (χ3n) is 4.51. The zero-order chi connectivity index (χ0) is 18.6. The van der Waals surface area contributed by atoms with Crippen LogP contribution in [0.2, 0.25) is 0 Å². The van der Waals surface area contributed by atoms with E-state index >= 15 is 0 Å². The summed E-state index contributed by atoms with van der Waals surface area (Å²) in [4.78, 5) is 25.1. The van der Waals surface area contributed by atoms with Crippen molar-refractivity contribution in [1.82, 2.24) is 0 Å². The molecule has 0 atom stereocenters. The first-order chi connectivity index (χ1) is 11.9. The summed E-state index contributed by atoms with van der Waals surface area (Å²) in [5.74, 6) is 0.198. The van der Waals surface area contributed by atoms with Gasteiger partial charge in [0.25, 0.3) is 0 Å². The molecule has 3 heteroatoms. The van der Waals surface area contributed by atoms with E-state index in [0.29, 0.717) is 24.8 Å². The maximum Gasteiger partial charge on any atom is 0.163 e. The molecule has 0 unspecified atom stereocenters. The lowest BCUT2D eigenvalue weighted by Gasteiger charge is -2.16. The lowest BCUT2D eigenvalue weighted by molar-refractivity contribution is -0.115. The van der Waals surface area contributed by atoms with Crippen LogP contribution in [0.3, 0.4) is 0 Å². The van der Waals surface area contributed by atoms with Gasteiger partial charge in [-0.3, -0.25) is 9.59 Å². The van der Waals surface area contributed by atoms with Gasteiger partial charge in [0.05, 0.1) is 0 Å². The number of rotatable bonds is 7. The molecule has 1 aliphatic carbocycles. The van der Waals surface area contributed by atoms with Gasteiger partial charge in [-0.15, -0.1) is 0 Å². The number of aryl methyl sites for hydroxylation is 1. The first-order valence-electron chi connectivity index (χ1n) is 8.81. The van der Waals surface area contributed by atoms with Gasteiger partial charge < -0.3 is 5.32 Å². The van der Waals surface area contributed by atoms with Gasteiger partial charge in [0, 0.05) is 36.2 Å². The van der Waals surface area contributed by atoms with Crippen LogP contribution in [0.25, 0.3) is 6.08 Å². The Morgan fingerprint density at radius 1 is 1.28 bits per heavy atom. The van der Waals surface area contributed by atoms with E-state index in [9.17, 15) is 9.59 Å². The van der Waals surface area contributed by atoms with Crippen LogP contribution in [0.15, 0.2) is 41.5 Å². The minimum Gasteiger partial charge on any atom is -0.385 e. The minimum absolute atomic E-state index is 0.0529. The number of carbonyl (C=O) groups is 2. The number of anilines is 1. The third kappa shape index (κ3) is 4.36. The van der Waals surface area contributed by atoms with E-state index in [1.54, 1.807) is 6.08 Å². The number of Topliss-reactive ketones (excluding diaryl/α,β-unsaturated/α-hetero) is 2. The van der Waals surface area contributed by atoms with Crippen LogP contribution in [-0.4, -0.2) is 18.1 Å². The molecule has 1 aliphatic rings. The van der Waals surface area contributed by atoms with Gasteiger partial charge in [0.1, 0.15) is 0 Å². The van der Waals surface area contributed by atoms with Gasteiger partial charge in [-0.05, 0) is 63.0 Å². The van der Waals surface area contributed by atoms with Crippen molar-refractivity contribution in [2.75, 3.05) is 11.9 Å². The number of nitrogens with one attached hydrogen (secondary N) is 1. The lowest BCUT2D eigenvalue weighted by atomic mass is 9.88. The number of ketones is 2. The maximum absolute atomic E-state index is 12.8. The average molecular weight is 337 g/mol. The van der Waals surface area contributed by atoms with Crippen molar-refractivity contribution >= 4 is 23.3 Å². The molecule has 0 saturated heterocycles. The second-order valence-corrected chi connectivity index (χ2v) is 6.68. The van der Waals surface area contributed by atoms with Crippen molar-refractivity contribution in [3.63, 3.8) is 0 Å². The quantitative estimate of drug-likeness (QED) is 0.690. The molecule has 1 N–H and O–H groups in total. The highest BCUT2D eigenvalue weighted by Gasteiger charge is 2.20. The van der Waals surface area contributed by atoms with E-state index in [-0.39, 0.29) is 11.6 Å². The Morgan fingerprint density at radius 2 is 2.00 bits per heavy atom. The lowest BCUT2D eigenvalue weighted by Crippen LogP contribution is -2.12. The Kier molecular flexibility index (Phi) is 6.13. The number of carbonyl (C=O) groups excluding carboxylic acids is 2. The summed E-state index contributed by atoms with van der Waals surface area (Å²) in [5, 5.41) is 3.29. The SMILES string of the molecule is C=Cc1c(NCC)cc(C)cc1C(=O)CCC1=C(C)C=C(C)CC1=O. The van der Waals surface area contributed by atoms with Crippen LogP contribution in [0.4, 0.5) is 5.69 Å². The molecule has 2 rings (SSSR count). The van der Waals surface area contributed by atoms with Crippen LogP contribution < -0.4 is 5.32 Å². The second-order valence-electron chi connectivity index (χ2n) is 6.68. The monoisotopic (exact) mass is 337 g/mol. The molecule has 0 saturated carbocycles. The summed E-state index contributed by atoms with van der Waals surface area (Å²) in [6.45, 7) is 12.6. The molecule has 0 aromatic heterocycles. The largest absolute Gasteiger partial charge is 0.385 e. The number of benzene rings is 1. The summed E-state index contributed by atoms with van der Waals surface area (Å²) in [6.07, 6.45) is 5.07. The molecular formula is C22H27NO2. The fourth-order valence-corrected chi connectivity index (χ4v) is 3.38. The van der Waals surface area contributed by atoms with Gasteiger partial charge in [-0.1, -0.05) is 24.3 Å². The third-order valence-corrected chi connectivity index (χ3v) is 4.51. The Morgan fingerprint density at radius 3 is 2.60 bits per heavy atom. The normalized spacial score (nSPS) is 14.4. The molecule has 1 aromatic carbocycles. The van der Waals surface area contributed by atoms with Gasteiger partial charge in [-0.25, -0.2) is 0 Å². The van der Waals surface area contributed by atoms with Gasteiger partial charge in [0.15, 0.2) is 11.6 Å². The van der Waals surface area contributed by atoms with Gasteiger partial charge in [-0.2, -0.15) is 0 Å². The summed E-state index contributed by atoms with van der Waals surface area (Å²) in [7, 11) is 0. The van der Waals surface area contributed by atoms with E-state index in [4.69, 9.17) is 0 Å². The molecule has 0 aliphatic heterocycles. The molecule has 0 amide bonds. The maximum atomic E-state index is 12.8. The summed E-state index contributed by atoms with van der Waals surface area (Å²) in [5.41, 5.74) is 6.35. The van der Waals surface area contributed by atoms with Crippen molar-refractivity contribution in [1.29, 1.82) is 0 Å². The highest BCUT2D eigenvalue weighted by Crippen LogP contribution is 2.28. The summed E-state index contributed by atoms with van der Waals surface area (Å²) < 4.78 is 0. The molecule has 1 aromatic rings. The van der Waals surface area contributed by atoms with Gasteiger partial charge in [0.2, 0.25) is 0 Å². The molecule has 25 heavy (non-hydrogen) atoms. The van der Waals surface area contributed by atoms with Crippen LogP contribution >= 0.6 is 0 Å². The molecular weight excluding hydrogens is 310 g/mol. The molecule has 0 bridgehead atoms. The number of allylic oxidation sites excluding steroid dienone is 4. The first-order valence-corrected chi connectivity index (χ1v) is 8.81. The first kappa shape index (κ1) is 18.9. The average Bonchev–Trinajstić information content (AvgIpc) is 2.53. The fraction of sp³-hybridized carbons (Fsp3) is 0.364. The molecule has 0 spiro atoms. The van der Waals surface area contributed by atoms with Crippen LogP contribution in [0, 0.1) is 6.92 Å². The van der Waals surface area contributed by atoms with Crippen molar-refractivity contribution < 1.29 is 9.59 Å².